The van der Waals surface area contributed by atoms with Gasteiger partial charge in [-0.1, -0.05) is 32.2 Å². The highest BCUT2D eigenvalue weighted by Gasteiger charge is 2.11. The van der Waals surface area contributed by atoms with Gasteiger partial charge in [0, 0.05) is 0 Å². The molecule has 0 heterocycles. The zero-order valence-electron chi connectivity index (χ0n) is 8.21. The maximum atomic E-state index is 10.5. The van der Waals surface area contributed by atoms with Gasteiger partial charge >= 0.3 is 5.97 Å². The molecule has 0 aromatic heterocycles. The highest BCUT2D eigenvalue weighted by molar-refractivity contribution is 5.67. The Labute approximate surface area is 79.3 Å². The first-order chi connectivity index (χ1) is 6.02. The molecular weight excluding hydrogens is 164 g/mol. The summed E-state index contributed by atoms with van der Waals surface area (Å²) in [5.41, 5.74) is 1.95. The Balaban J connectivity index is 4.68. The highest BCUT2D eigenvalue weighted by Crippen LogP contribution is 2.19. The van der Waals surface area contributed by atoms with Crippen LogP contribution in [0.15, 0.2) is 36.5 Å². The van der Waals surface area contributed by atoms with Gasteiger partial charge in [0.05, 0.1) is 6.42 Å². The zero-order chi connectivity index (χ0) is 10.4. The molecule has 1 N–H and O–H groups in total. The van der Waals surface area contributed by atoms with E-state index in [1.165, 1.54) is 0 Å². The van der Waals surface area contributed by atoms with Crippen molar-refractivity contribution >= 4 is 5.97 Å². The van der Waals surface area contributed by atoms with Crippen molar-refractivity contribution in [1.82, 2.24) is 0 Å². The lowest BCUT2D eigenvalue weighted by Crippen LogP contribution is -2.06. The molecule has 0 unspecified atom stereocenters. The van der Waals surface area contributed by atoms with Gasteiger partial charge in [0.1, 0.15) is 0 Å². The second kappa shape index (κ2) is 5.36. The van der Waals surface area contributed by atoms with Crippen LogP contribution in [0.4, 0.5) is 0 Å². The van der Waals surface area contributed by atoms with Crippen LogP contribution in [0.25, 0.3) is 0 Å². The number of carboxylic acid groups (broad SMARTS) is 1. The molecule has 0 radical (unpaired) electrons. The molecule has 72 valence electrons. The van der Waals surface area contributed by atoms with Gasteiger partial charge in [-0.05, 0) is 24.0 Å². The summed E-state index contributed by atoms with van der Waals surface area (Å²) in [6.07, 6.45) is 3.55. The van der Waals surface area contributed by atoms with Crippen molar-refractivity contribution < 1.29 is 9.90 Å². The number of hydrogen-bond acceptors (Lipinski definition) is 1. The standard InChI is InChI=1S/C11H16O2/c1-5-8(3)10(6-2)9(4)7-11(12)13/h5-6,9H,1-2,7H2,3-4H3,(H,12,13)/b10-8+/t9-/m0/s1. The van der Waals surface area contributed by atoms with Crippen LogP contribution in [-0.2, 0) is 4.79 Å². The van der Waals surface area contributed by atoms with Gasteiger partial charge in [-0.15, -0.1) is 0 Å². The van der Waals surface area contributed by atoms with Crippen LogP contribution in [0.5, 0.6) is 0 Å². The summed E-state index contributed by atoms with van der Waals surface area (Å²) in [5.74, 6) is -0.795. The van der Waals surface area contributed by atoms with Gasteiger partial charge in [0.15, 0.2) is 0 Å². The normalized spacial score (nSPS) is 14.3. The van der Waals surface area contributed by atoms with Gasteiger partial charge in [-0.2, -0.15) is 0 Å². The molecule has 0 aliphatic heterocycles. The lowest BCUT2D eigenvalue weighted by Gasteiger charge is -2.12. The highest BCUT2D eigenvalue weighted by atomic mass is 16.4. The van der Waals surface area contributed by atoms with Crippen molar-refractivity contribution in [1.29, 1.82) is 0 Å². The summed E-state index contributed by atoms with van der Waals surface area (Å²) in [7, 11) is 0. The van der Waals surface area contributed by atoms with Crippen molar-refractivity contribution in [3.05, 3.63) is 36.5 Å². The van der Waals surface area contributed by atoms with E-state index in [0.717, 1.165) is 11.1 Å². The Morgan fingerprint density at radius 1 is 1.46 bits per heavy atom. The summed E-state index contributed by atoms with van der Waals surface area (Å²) < 4.78 is 0. The molecule has 0 rings (SSSR count). The van der Waals surface area contributed by atoms with Gasteiger partial charge in [-0.25, -0.2) is 0 Å². The lowest BCUT2D eigenvalue weighted by molar-refractivity contribution is -0.137. The van der Waals surface area contributed by atoms with E-state index in [0.29, 0.717) is 0 Å². The fourth-order valence-electron chi connectivity index (χ4n) is 1.24. The Hall–Kier alpha value is -1.31. The van der Waals surface area contributed by atoms with Crippen LogP contribution in [0, 0.1) is 5.92 Å². The second-order valence-corrected chi connectivity index (χ2v) is 3.05. The molecule has 0 bridgehead atoms. The first kappa shape index (κ1) is 11.7. The summed E-state index contributed by atoms with van der Waals surface area (Å²) in [6.45, 7) is 11.1. The molecule has 0 aromatic rings. The van der Waals surface area contributed by atoms with E-state index < -0.39 is 5.97 Å². The first-order valence-electron chi connectivity index (χ1n) is 4.20. The third-order valence-electron chi connectivity index (χ3n) is 1.99. The SMILES string of the molecule is C=C/C(C)=C(\C=C)[C@@H](C)CC(=O)O. The van der Waals surface area contributed by atoms with E-state index in [1.807, 2.05) is 13.8 Å². The van der Waals surface area contributed by atoms with Crippen LogP contribution in [0.2, 0.25) is 0 Å². The minimum Gasteiger partial charge on any atom is -0.481 e. The van der Waals surface area contributed by atoms with E-state index in [-0.39, 0.29) is 12.3 Å². The predicted molar refractivity (Wildman–Crippen MR) is 54.5 cm³/mol. The number of aliphatic carboxylic acids is 1. The van der Waals surface area contributed by atoms with Crippen molar-refractivity contribution in [2.45, 2.75) is 20.3 Å². The summed E-state index contributed by atoms with van der Waals surface area (Å²) >= 11 is 0. The lowest BCUT2D eigenvalue weighted by atomic mass is 9.93. The third kappa shape index (κ3) is 3.74. The molecule has 13 heavy (non-hydrogen) atoms. The minimum absolute atomic E-state index is 0.00648. The van der Waals surface area contributed by atoms with E-state index in [4.69, 9.17) is 5.11 Å². The fourth-order valence-corrected chi connectivity index (χ4v) is 1.24. The van der Waals surface area contributed by atoms with Crippen molar-refractivity contribution in [3.63, 3.8) is 0 Å². The molecule has 0 fully saturated rings. The molecule has 0 saturated carbocycles. The van der Waals surface area contributed by atoms with Gasteiger partial charge in [0.2, 0.25) is 0 Å². The number of carboxylic acids is 1. The second-order valence-electron chi connectivity index (χ2n) is 3.05. The number of rotatable bonds is 5. The Morgan fingerprint density at radius 3 is 2.31 bits per heavy atom. The third-order valence-corrected chi connectivity index (χ3v) is 1.99. The Bertz CT molecular complexity index is 249. The van der Waals surface area contributed by atoms with Crippen molar-refractivity contribution in [2.24, 2.45) is 5.92 Å². The molecule has 0 spiro atoms. The topological polar surface area (TPSA) is 37.3 Å². The van der Waals surface area contributed by atoms with Crippen LogP contribution in [0.3, 0.4) is 0 Å². The average molecular weight is 180 g/mol. The van der Waals surface area contributed by atoms with E-state index in [1.54, 1.807) is 12.2 Å². The zero-order valence-corrected chi connectivity index (χ0v) is 8.21. The fraction of sp³-hybridized carbons (Fsp3) is 0.364. The van der Waals surface area contributed by atoms with Crippen LogP contribution >= 0.6 is 0 Å². The molecular formula is C11H16O2. The van der Waals surface area contributed by atoms with Crippen molar-refractivity contribution in [2.75, 3.05) is 0 Å². The molecule has 0 aliphatic carbocycles. The predicted octanol–water partition coefficient (Wildman–Crippen LogP) is 2.79. The van der Waals surface area contributed by atoms with Gasteiger partial charge < -0.3 is 5.11 Å². The van der Waals surface area contributed by atoms with Gasteiger partial charge in [0.25, 0.3) is 0 Å². The number of allylic oxidation sites excluding steroid dienone is 4. The molecule has 2 heteroatoms. The van der Waals surface area contributed by atoms with E-state index in [2.05, 4.69) is 13.2 Å². The molecule has 0 amide bonds. The molecule has 0 aliphatic rings. The van der Waals surface area contributed by atoms with Gasteiger partial charge in [-0.3, -0.25) is 4.79 Å². The molecule has 0 aromatic carbocycles. The Kier molecular flexibility index (Phi) is 4.82. The van der Waals surface area contributed by atoms with E-state index in [9.17, 15) is 4.79 Å². The van der Waals surface area contributed by atoms with Crippen LogP contribution in [-0.4, -0.2) is 11.1 Å². The van der Waals surface area contributed by atoms with E-state index >= 15 is 0 Å². The smallest absolute Gasteiger partial charge is 0.303 e. The molecule has 2 nitrogen and oxygen atoms in total. The summed E-state index contributed by atoms with van der Waals surface area (Å²) in [6, 6.07) is 0. The molecule has 1 atom stereocenters. The maximum absolute atomic E-state index is 10.5. The largest absolute Gasteiger partial charge is 0.481 e. The summed E-state index contributed by atoms with van der Waals surface area (Å²) in [5, 5.41) is 8.60. The summed E-state index contributed by atoms with van der Waals surface area (Å²) in [4.78, 5) is 10.5. The number of hydrogen-bond donors (Lipinski definition) is 1. The maximum Gasteiger partial charge on any atom is 0.303 e. The van der Waals surface area contributed by atoms with Crippen LogP contribution < -0.4 is 0 Å². The Morgan fingerprint density at radius 2 is 2.00 bits per heavy atom. The average Bonchev–Trinajstić information content (AvgIpc) is 2.03. The first-order valence-corrected chi connectivity index (χ1v) is 4.20. The van der Waals surface area contributed by atoms with Crippen LogP contribution in [0.1, 0.15) is 20.3 Å². The molecule has 0 saturated heterocycles. The monoisotopic (exact) mass is 180 g/mol. The minimum atomic E-state index is -0.788. The quantitative estimate of drug-likeness (QED) is 0.660. The van der Waals surface area contributed by atoms with Crippen molar-refractivity contribution in [3.8, 4) is 0 Å². The number of carbonyl (C=O) groups is 1.